The van der Waals surface area contributed by atoms with E-state index in [9.17, 15) is 0 Å². The third-order valence-corrected chi connectivity index (χ3v) is 4.55. The number of ether oxygens (including phenoxy) is 1. The van der Waals surface area contributed by atoms with Crippen molar-refractivity contribution in [3.63, 3.8) is 0 Å². The van der Waals surface area contributed by atoms with Crippen LogP contribution in [0.4, 0.5) is 0 Å². The van der Waals surface area contributed by atoms with Gasteiger partial charge >= 0.3 is 0 Å². The molecule has 2 aromatic carbocycles. The van der Waals surface area contributed by atoms with E-state index >= 15 is 0 Å². The van der Waals surface area contributed by atoms with E-state index in [0.717, 1.165) is 54.5 Å². The minimum atomic E-state index is 0.747. The second-order valence-electron chi connectivity index (χ2n) is 6.23. The second kappa shape index (κ2) is 7.03. The Hall–Kier alpha value is -2.72. The van der Waals surface area contributed by atoms with Crippen molar-refractivity contribution in [3.8, 4) is 17.0 Å². The summed E-state index contributed by atoms with van der Waals surface area (Å²) in [7, 11) is 1.69. The molecule has 4 heteroatoms. The van der Waals surface area contributed by atoms with Crippen molar-refractivity contribution in [2.75, 3.05) is 13.7 Å². The molecular weight excluding hydrogens is 310 g/mol. The average molecular weight is 331 g/mol. The highest BCUT2D eigenvalue weighted by Crippen LogP contribution is 2.28. The number of hydrogen-bond donors (Lipinski definition) is 1. The van der Waals surface area contributed by atoms with Gasteiger partial charge in [0, 0.05) is 24.1 Å². The first kappa shape index (κ1) is 15.8. The maximum Gasteiger partial charge on any atom is 0.133 e. The summed E-state index contributed by atoms with van der Waals surface area (Å²) in [6, 6.07) is 18.5. The summed E-state index contributed by atoms with van der Waals surface area (Å²) >= 11 is 0. The van der Waals surface area contributed by atoms with E-state index in [0.29, 0.717) is 0 Å². The summed E-state index contributed by atoms with van der Waals surface area (Å²) < 4.78 is 5.28. The van der Waals surface area contributed by atoms with Gasteiger partial charge in [-0.3, -0.25) is 0 Å². The molecule has 4 rings (SSSR count). The van der Waals surface area contributed by atoms with E-state index in [1.165, 1.54) is 11.1 Å². The van der Waals surface area contributed by atoms with Crippen LogP contribution in [0.3, 0.4) is 0 Å². The van der Waals surface area contributed by atoms with Crippen LogP contribution in [0.15, 0.2) is 54.6 Å². The number of rotatable bonds is 4. The third-order valence-electron chi connectivity index (χ3n) is 4.55. The predicted octanol–water partition coefficient (Wildman–Crippen LogP) is 3.39. The van der Waals surface area contributed by atoms with Crippen LogP contribution in [0.5, 0.6) is 5.75 Å². The molecule has 2 heterocycles. The van der Waals surface area contributed by atoms with Gasteiger partial charge in [0.1, 0.15) is 11.6 Å². The van der Waals surface area contributed by atoms with E-state index in [1.54, 1.807) is 7.11 Å². The Balaban J connectivity index is 1.76. The van der Waals surface area contributed by atoms with Crippen LogP contribution in [0.25, 0.3) is 11.3 Å². The van der Waals surface area contributed by atoms with Gasteiger partial charge < -0.3 is 10.1 Å². The van der Waals surface area contributed by atoms with Gasteiger partial charge in [0.15, 0.2) is 0 Å². The molecule has 0 radical (unpaired) electrons. The maximum atomic E-state index is 5.28. The Morgan fingerprint density at radius 2 is 1.80 bits per heavy atom. The zero-order chi connectivity index (χ0) is 17.1. The smallest absolute Gasteiger partial charge is 0.133 e. The van der Waals surface area contributed by atoms with E-state index in [-0.39, 0.29) is 0 Å². The first-order valence-electron chi connectivity index (χ1n) is 8.61. The van der Waals surface area contributed by atoms with Crippen LogP contribution in [-0.2, 0) is 19.4 Å². The molecule has 4 nitrogen and oxygen atoms in total. The van der Waals surface area contributed by atoms with E-state index in [4.69, 9.17) is 14.7 Å². The lowest BCUT2D eigenvalue weighted by atomic mass is 9.98. The predicted molar refractivity (Wildman–Crippen MR) is 98.7 cm³/mol. The topological polar surface area (TPSA) is 47.0 Å². The molecule has 0 spiro atoms. The largest absolute Gasteiger partial charge is 0.497 e. The second-order valence-corrected chi connectivity index (χ2v) is 6.23. The Morgan fingerprint density at radius 3 is 2.56 bits per heavy atom. The average Bonchev–Trinajstić information content (AvgIpc) is 2.68. The summed E-state index contributed by atoms with van der Waals surface area (Å²) in [6.07, 6.45) is 1.71. The van der Waals surface area contributed by atoms with Gasteiger partial charge in [-0.25, -0.2) is 9.97 Å². The number of methoxy groups -OCH3 is 1. The van der Waals surface area contributed by atoms with Crippen molar-refractivity contribution in [1.29, 1.82) is 0 Å². The molecule has 1 aliphatic heterocycles. The number of fused-ring (bicyclic) bond motifs is 1. The highest BCUT2D eigenvalue weighted by Gasteiger charge is 2.18. The monoisotopic (exact) mass is 331 g/mol. The molecule has 0 bridgehead atoms. The summed E-state index contributed by atoms with van der Waals surface area (Å²) in [5.41, 5.74) is 5.79. The highest BCUT2D eigenvalue weighted by molar-refractivity contribution is 5.65. The van der Waals surface area contributed by atoms with Crippen molar-refractivity contribution in [2.45, 2.75) is 19.4 Å². The first-order valence-corrected chi connectivity index (χ1v) is 8.61. The number of nitrogens with zero attached hydrogens (tertiary/aromatic N) is 2. The van der Waals surface area contributed by atoms with Crippen molar-refractivity contribution >= 4 is 0 Å². The molecule has 0 amide bonds. The first-order chi connectivity index (χ1) is 12.3. The molecule has 1 aliphatic rings. The lowest BCUT2D eigenvalue weighted by Crippen LogP contribution is -2.26. The van der Waals surface area contributed by atoms with Gasteiger partial charge in [-0.05, 0) is 42.8 Å². The Labute approximate surface area is 147 Å². The Bertz CT molecular complexity index is 860. The maximum absolute atomic E-state index is 5.28. The van der Waals surface area contributed by atoms with Crippen LogP contribution >= 0.6 is 0 Å². The van der Waals surface area contributed by atoms with E-state index in [1.807, 2.05) is 18.2 Å². The standard InChI is InChI=1S/C21H21N3O/c1-25-17-9-7-16(8-10-17)21-18-11-12-22-14-19(18)23-20(24-21)13-15-5-3-2-4-6-15/h2-10,22H,11-14H2,1H3. The molecule has 0 saturated carbocycles. The molecule has 25 heavy (non-hydrogen) atoms. The van der Waals surface area contributed by atoms with Gasteiger partial charge in [-0.2, -0.15) is 0 Å². The fourth-order valence-corrected chi connectivity index (χ4v) is 3.26. The Morgan fingerprint density at radius 1 is 1.00 bits per heavy atom. The summed E-state index contributed by atoms with van der Waals surface area (Å²) in [5.74, 6) is 1.73. The number of benzene rings is 2. The van der Waals surface area contributed by atoms with Gasteiger partial charge in [0.2, 0.25) is 0 Å². The van der Waals surface area contributed by atoms with Crippen LogP contribution in [0, 0.1) is 0 Å². The molecule has 3 aromatic rings. The minimum Gasteiger partial charge on any atom is -0.497 e. The normalized spacial score (nSPS) is 13.3. The third kappa shape index (κ3) is 3.39. The van der Waals surface area contributed by atoms with Gasteiger partial charge in [0.25, 0.3) is 0 Å². The molecule has 126 valence electrons. The molecule has 0 aliphatic carbocycles. The SMILES string of the molecule is COc1ccc(-c2nc(Cc3ccccc3)nc3c2CCNC3)cc1. The number of nitrogens with one attached hydrogen (secondary N) is 1. The fourth-order valence-electron chi connectivity index (χ4n) is 3.26. The molecule has 0 atom stereocenters. The fraction of sp³-hybridized carbons (Fsp3) is 0.238. The van der Waals surface area contributed by atoms with Crippen LogP contribution in [0.2, 0.25) is 0 Å². The number of hydrogen-bond acceptors (Lipinski definition) is 4. The van der Waals surface area contributed by atoms with Gasteiger partial charge in [-0.15, -0.1) is 0 Å². The zero-order valence-electron chi connectivity index (χ0n) is 14.3. The van der Waals surface area contributed by atoms with Crippen molar-refractivity contribution in [1.82, 2.24) is 15.3 Å². The minimum absolute atomic E-state index is 0.747. The van der Waals surface area contributed by atoms with Crippen LogP contribution < -0.4 is 10.1 Å². The lowest BCUT2D eigenvalue weighted by molar-refractivity contribution is 0.415. The van der Waals surface area contributed by atoms with Crippen LogP contribution in [0.1, 0.15) is 22.6 Å². The zero-order valence-corrected chi connectivity index (χ0v) is 14.3. The lowest BCUT2D eigenvalue weighted by Gasteiger charge is -2.20. The quantitative estimate of drug-likeness (QED) is 0.796. The van der Waals surface area contributed by atoms with Crippen molar-refractivity contribution in [3.05, 3.63) is 77.2 Å². The van der Waals surface area contributed by atoms with Crippen molar-refractivity contribution < 1.29 is 4.74 Å². The molecular formula is C21H21N3O. The van der Waals surface area contributed by atoms with Gasteiger partial charge in [0.05, 0.1) is 18.5 Å². The summed E-state index contributed by atoms with van der Waals surface area (Å²) in [4.78, 5) is 9.76. The Kier molecular flexibility index (Phi) is 4.44. The molecule has 1 N–H and O–H groups in total. The summed E-state index contributed by atoms with van der Waals surface area (Å²) in [6.45, 7) is 1.78. The van der Waals surface area contributed by atoms with E-state index in [2.05, 4.69) is 41.7 Å². The molecule has 1 aromatic heterocycles. The van der Waals surface area contributed by atoms with Crippen LogP contribution in [-0.4, -0.2) is 23.6 Å². The molecule has 0 unspecified atom stereocenters. The highest BCUT2D eigenvalue weighted by atomic mass is 16.5. The summed E-state index contributed by atoms with van der Waals surface area (Å²) in [5, 5.41) is 3.42. The van der Waals surface area contributed by atoms with E-state index < -0.39 is 0 Å². The molecule has 0 fully saturated rings. The molecule has 0 saturated heterocycles. The van der Waals surface area contributed by atoms with Crippen molar-refractivity contribution in [2.24, 2.45) is 0 Å². The van der Waals surface area contributed by atoms with Gasteiger partial charge in [-0.1, -0.05) is 30.3 Å². The number of aromatic nitrogens is 2.